The van der Waals surface area contributed by atoms with Gasteiger partial charge in [-0.1, -0.05) is 35.6 Å². The van der Waals surface area contributed by atoms with E-state index in [2.05, 4.69) is 5.32 Å². The summed E-state index contributed by atoms with van der Waals surface area (Å²) in [5.74, 6) is 0.352. The second kappa shape index (κ2) is 5.99. The van der Waals surface area contributed by atoms with Gasteiger partial charge in [-0.2, -0.15) is 0 Å². The van der Waals surface area contributed by atoms with Gasteiger partial charge in [0.15, 0.2) is 0 Å². The topological polar surface area (TPSA) is 55.4 Å². The van der Waals surface area contributed by atoms with Gasteiger partial charge in [-0.25, -0.2) is 0 Å². The normalized spacial score (nSPS) is 10.4. The molecule has 110 valence electrons. The van der Waals surface area contributed by atoms with Crippen LogP contribution in [0.1, 0.15) is 9.67 Å². The molecule has 2 aromatic carbocycles. The van der Waals surface area contributed by atoms with E-state index in [1.54, 1.807) is 43.5 Å². The number of ether oxygens (including phenoxy) is 1. The van der Waals surface area contributed by atoms with Gasteiger partial charge in [0.05, 0.1) is 12.0 Å². The molecule has 0 bridgehead atoms. The fraction of sp³-hybridized carbons (Fsp3) is 0.0588. The van der Waals surface area contributed by atoms with Crippen LogP contribution in [-0.4, -0.2) is 13.0 Å². The molecule has 1 N–H and O–H groups in total. The van der Waals surface area contributed by atoms with Crippen LogP contribution in [0.4, 0.5) is 5.69 Å². The summed E-state index contributed by atoms with van der Waals surface area (Å²) in [5, 5.41) is 4.17. The monoisotopic (exact) mass is 311 g/mol. The van der Waals surface area contributed by atoms with Gasteiger partial charge in [-0.05, 0) is 29.7 Å². The smallest absolute Gasteiger partial charge is 0.265 e. The largest absolute Gasteiger partial charge is 0.497 e. The Morgan fingerprint density at radius 3 is 2.73 bits per heavy atom. The molecule has 22 heavy (non-hydrogen) atoms. The molecule has 3 rings (SSSR count). The Kier molecular flexibility index (Phi) is 3.89. The first-order valence-electron chi connectivity index (χ1n) is 6.65. The van der Waals surface area contributed by atoms with Gasteiger partial charge in [-0.3, -0.25) is 9.59 Å². The number of hydrogen-bond donors (Lipinski definition) is 1. The van der Waals surface area contributed by atoms with Gasteiger partial charge in [0.2, 0.25) is 4.74 Å². The minimum atomic E-state index is -0.305. The Labute approximate surface area is 131 Å². The van der Waals surface area contributed by atoms with Crippen molar-refractivity contribution in [2.75, 3.05) is 12.4 Å². The Morgan fingerprint density at radius 1 is 1.09 bits per heavy atom. The highest BCUT2D eigenvalue weighted by molar-refractivity contribution is 7.12. The molecule has 0 unspecified atom stereocenters. The number of fused-ring (bicyclic) bond motifs is 1. The molecule has 0 aliphatic heterocycles. The molecule has 0 aliphatic carbocycles. The fourth-order valence-electron chi connectivity index (χ4n) is 2.14. The highest BCUT2D eigenvalue weighted by Crippen LogP contribution is 2.19. The zero-order chi connectivity index (χ0) is 15.5. The number of hydrogen-bond acceptors (Lipinski definition) is 4. The third kappa shape index (κ3) is 2.84. The molecule has 0 fully saturated rings. The molecular weight excluding hydrogens is 298 g/mol. The molecule has 1 amide bonds. The van der Waals surface area contributed by atoms with Crippen molar-refractivity contribution < 1.29 is 9.53 Å². The van der Waals surface area contributed by atoms with E-state index in [-0.39, 0.29) is 10.6 Å². The summed E-state index contributed by atoms with van der Waals surface area (Å²) >= 11 is 0.945. The molecule has 0 saturated heterocycles. The number of amides is 1. The van der Waals surface area contributed by atoms with Gasteiger partial charge in [0.25, 0.3) is 5.91 Å². The van der Waals surface area contributed by atoms with Crippen molar-refractivity contribution in [1.82, 2.24) is 0 Å². The lowest BCUT2D eigenvalue weighted by molar-refractivity contribution is 0.103. The first-order valence-corrected chi connectivity index (χ1v) is 7.47. The summed E-state index contributed by atoms with van der Waals surface area (Å²) in [4.78, 5) is 24.8. The number of carbonyl (C=O) groups excluding carboxylic acids is 1. The van der Waals surface area contributed by atoms with Crippen molar-refractivity contribution in [1.29, 1.82) is 0 Å². The van der Waals surface area contributed by atoms with E-state index < -0.39 is 0 Å². The average Bonchev–Trinajstić information content (AvgIpc) is 2.55. The summed E-state index contributed by atoms with van der Waals surface area (Å²) in [6.45, 7) is 0. The lowest BCUT2D eigenvalue weighted by atomic mass is 10.2. The standard InChI is InChI=1S/C17H13NO3S/c1-21-13-7-4-6-12(10-13)18-16(19)15-9-11-5-2-3-8-14(11)17(20)22-15/h2-10H,1H3,(H,18,19). The number of anilines is 1. The Morgan fingerprint density at radius 2 is 1.91 bits per heavy atom. The van der Waals surface area contributed by atoms with E-state index in [9.17, 15) is 9.59 Å². The van der Waals surface area contributed by atoms with Gasteiger partial charge in [0, 0.05) is 17.1 Å². The Bertz CT molecular complexity index is 902. The number of methoxy groups -OCH3 is 1. The molecule has 0 atom stereocenters. The lowest BCUT2D eigenvalue weighted by Crippen LogP contribution is -2.12. The summed E-state index contributed by atoms with van der Waals surface area (Å²) in [7, 11) is 1.57. The van der Waals surface area contributed by atoms with Crippen LogP contribution in [0.15, 0.2) is 59.4 Å². The van der Waals surface area contributed by atoms with Crippen molar-refractivity contribution in [3.8, 4) is 5.75 Å². The van der Waals surface area contributed by atoms with Crippen molar-refractivity contribution in [2.45, 2.75) is 0 Å². The molecule has 1 aromatic heterocycles. The van der Waals surface area contributed by atoms with E-state index in [1.165, 1.54) is 0 Å². The molecular formula is C17H13NO3S. The van der Waals surface area contributed by atoms with Crippen LogP contribution in [-0.2, 0) is 0 Å². The maximum Gasteiger partial charge on any atom is 0.265 e. The van der Waals surface area contributed by atoms with Crippen LogP contribution in [0, 0.1) is 0 Å². The first-order chi connectivity index (χ1) is 10.7. The maximum atomic E-state index is 12.3. The maximum absolute atomic E-state index is 12.3. The lowest BCUT2D eigenvalue weighted by Gasteiger charge is -2.07. The average molecular weight is 311 g/mol. The van der Waals surface area contributed by atoms with E-state index in [0.29, 0.717) is 21.7 Å². The predicted molar refractivity (Wildman–Crippen MR) is 89.0 cm³/mol. The molecule has 0 spiro atoms. The first kappa shape index (κ1) is 14.3. The van der Waals surface area contributed by atoms with Gasteiger partial charge < -0.3 is 10.1 Å². The minimum absolute atomic E-state index is 0.117. The van der Waals surface area contributed by atoms with Crippen LogP contribution < -0.4 is 14.8 Å². The second-order valence-corrected chi connectivity index (χ2v) is 5.69. The molecule has 0 aliphatic rings. The van der Waals surface area contributed by atoms with Crippen LogP contribution >= 0.6 is 11.3 Å². The molecule has 5 heteroatoms. The van der Waals surface area contributed by atoms with Crippen LogP contribution in [0.5, 0.6) is 5.75 Å². The van der Waals surface area contributed by atoms with E-state index in [0.717, 1.165) is 16.7 Å². The van der Waals surface area contributed by atoms with Crippen LogP contribution in [0.25, 0.3) is 10.8 Å². The zero-order valence-electron chi connectivity index (χ0n) is 11.8. The van der Waals surface area contributed by atoms with Crippen molar-refractivity contribution in [2.24, 2.45) is 0 Å². The van der Waals surface area contributed by atoms with Crippen LogP contribution in [0.2, 0.25) is 0 Å². The Balaban J connectivity index is 1.93. The summed E-state index contributed by atoms with van der Waals surface area (Å²) < 4.78 is 5.00. The number of nitrogens with one attached hydrogen (secondary N) is 1. The molecule has 3 aromatic rings. The van der Waals surface area contributed by atoms with Crippen molar-refractivity contribution in [3.63, 3.8) is 0 Å². The quantitative estimate of drug-likeness (QED) is 0.805. The fourth-order valence-corrected chi connectivity index (χ4v) is 2.96. The van der Waals surface area contributed by atoms with E-state index in [1.807, 2.05) is 18.2 Å². The van der Waals surface area contributed by atoms with E-state index >= 15 is 0 Å². The SMILES string of the molecule is COc1cccc(NC(=O)c2cc3ccccc3c(=O)s2)c1. The molecule has 0 radical (unpaired) electrons. The highest BCUT2D eigenvalue weighted by Gasteiger charge is 2.10. The third-order valence-electron chi connectivity index (χ3n) is 3.22. The summed E-state index contributed by atoms with van der Waals surface area (Å²) in [6.07, 6.45) is 0. The van der Waals surface area contributed by atoms with Gasteiger partial charge in [-0.15, -0.1) is 0 Å². The molecule has 0 saturated carbocycles. The van der Waals surface area contributed by atoms with Gasteiger partial charge >= 0.3 is 0 Å². The molecule has 4 nitrogen and oxygen atoms in total. The van der Waals surface area contributed by atoms with Gasteiger partial charge in [0.1, 0.15) is 5.75 Å². The predicted octanol–water partition coefficient (Wildman–Crippen LogP) is 3.52. The minimum Gasteiger partial charge on any atom is -0.497 e. The number of rotatable bonds is 3. The Hall–Kier alpha value is -2.66. The second-order valence-electron chi connectivity index (χ2n) is 4.67. The van der Waals surface area contributed by atoms with E-state index in [4.69, 9.17) is 4.74 Å². The number of carbonyl (C=O) groups is 1. The van der Waals surface area contributed by atoms with Crippen molar-refractivity contribution in [3.05, 3.63) is 69.0 Å². The number of benzene rings is 2. The zero-order valence-corrected chi connectivity index (χ0v) is 12.6. The van der Waals surface area contributed by atoms with Crippen LogP contribution in [0.3, 0.4) is 0 Å². The summed E-state index contributed by atoms with van der Waals surface area (Å²) in [6, 6.07) is 16.1. The third-order valence-corrected chi connectivity index (χ3v) is 4.15. The highest BCUT2D eigenvalue weighted by atomic mass is 32.1. The summed E-state index contributed by atoms with van der Waals surface area (Å²) in [5.41, 5.74) is 0.622. The molecule has 1 heterocycles. The van der Waals surface area contributed by atoms with Crippen molar-refractivity contribution >= 4 is 33.7 Å².